The van der Waals surface area contributed by atoms with E-state index in [2.05, 4.69) is 15.9 Å². The van der Waals surface area contributed by atoms with E-state index in [1.807, 2.05) is 48.5 Å². The first-order valence-electron chi connectivity index (χ1n) is 6.27. The lowest BCUT2D eigenvalue weighted by Gasteiger charge is -2.11. The smallest absolute Gasteiger partial charge is 0.158 e. The lowest BCUT2D eigenvalue weighted by molar-refractivity contribution is -0.119. The number of ketones is 1. The van der Waals surface area contributed by atoms with E-state index in [1.165, 1.54) is 0 Å². The highest BCUT2D eigenvalue weighted by atomic mass is 79.9. The molecule has 104 valence electrons. The van der Waals surface area contributed by atoms with Crippen LogP contribution in [-0.2, 0) is 11.2 Å². The zero-order valence-corrected chi connectivity index (χ0v) is 12.8. The van der Waals surface area contributed by atoms with Crippen molar-refractivity contribution in [3.05, 3.63) is 64.1 Å². The molecule has 0 saturated heterocycles. The van der Waals surface area contributed by atoms with Crippen molar-refractivity contribution in [1.29, 1.82) is 0 Å². The van der Waals surface area contributed by atoms with Gasteiger partial charge in [-0.3, -0.25) is 4.79 Å². The SMILES string of the molecule is COc1ccc(CC(=O)[C@H](N)c2ccccc2)cc1Br. The van der Waals surface area contributed by atoms with Crippen molar-refractivity contribution in [3.8, 4) is 5.75 Å². The molecule has 2 rings (SSSR count). The molecule has 0 spiro atoms. The van der Waals surface area contributed by atoms with Gasteiger partial charge in [-0.15, -0.1) is 0 Å². The second kappa shape index (κ2) is 6.68. The number of Topliss-reactive ketones (excluding diaryl/α,β-unsaturated/α-hetero) is 1. The maximum atomic E-state index is 12.2. The van der Waals surface area contributed by atoms with Crippen molar-refractivity contribution in [2.24, 2.45) is 5.73 Å². The first-order chi connectivity index (χ1) is 9.61. The third-order valence-electron chi connectivity index (χ3n) is 3.10. The van der Waals surface area contributed by atoms with Gasteiger partial charge in [0, 0.05) is 6.42 Å². The van der Waals surface area contributed by atoms with Crippen molar-refractivity contribution in [1.82, 2.24) is 0 Å². The van der Waals surface area contributed by atoms with Crippen LogP contribution in [-0.4, -0.2) is 12.9 Å². The molecule has 0 saturated carbocycles. The van der Waals surface area contributed by atoms with E-state index in [1.54, 1.807) is 7.11 Å². The number of rotatable bonds is 5. The van der Waals surface area contributed by atoms with Crippen molar-refractivity contribution in [3.63, 3.8) is 0 Å². The third-order valence-corrected chi connectivity index (χ3v) is 3.72. The molecule has 0 aliphatic carbocycles. The minimum absolute atomic E-state index is 0.00623. The summed E-state index contributed by atoms with van der Waals surface area (Å²) in [6, 6.07) is 14.4. The Morgan fingerprint density at radius 1 is 1.25 bits per heavy atom. The Balaban J connectivity index is 2.10. The molecule has 2 aromatic rings. The largest absolute Gasteiger partial charge is 0.496 e. The average molecular weight is 334 g/mol. The molecule has 20 heavy (non-hydrogen) atoms. The van der Waals surface area contributed by atoms with Gasteiger partial charge in [0.1, 0.15) is 5.75 Å². The molecule has 0 aliphatic rings. The van der Waals surface area contributed by atoms with E-state index in [0.29, 0.717) is 6.42 Å². The van der Waals surface area contributed by atoms with E-state index in [4.69, 9.17) is 10.5 Å². The third kappa shape index (κ3) is 3.46. The zero-order valence-electron chi connectivity index (χ0n) is 11.2. The highest BCUT2D eigenvalue weighted by Crippen LogP contribution is 2.26. The number of benzene rings is 2. The van der Waals surface area contributed by atoms with Crippen molar-refractivity contribution >= 4 is 21.7 Å². The van der Waals surface area contributed by atoms with Gasteiger partial charge in [-0.1, -0.05) is 36.4 Å². The van der Waals surface area contributed by atoms with Crippen LogP contribution in [0.5, 0.6) is 5.75 Å². The van der Waals surface area contributed by atoms with Gasteiger partial charge in [-0.05, 0) is 39.2 Å². The molecule has 0 amide bonds. The Morgan fingerprint density at radius 2 is 1.95 bits per heavy atom. The molecular weight excluding hydrogens is 318 g/mol. The number of methoxy groups -OCH3 is 1. The second-order valence-corrected chi connectivity index (χ2v) is 5.35. The highest BCUT2D eigenvalue weighted by Gasteiger charge is 2.16. The summed E-state index contributed by atoms with van der Waals surface area (Å²) >= 11 is 3.41. The molecule has 0 heterocycles. The van der Waals surface area contributed by atoms with Gasteiger partial charge >= 0.3 is 0 Å². The van der Waals surface area contributed by atoms with Gasteiger partial charge < -0.3 is 10.5 Å². The number of hydrogen-bond acceptors (Lipinski definition) is 3. The average Bonchev–Trinajstić information content (AvgIpc) is 2.47. The van der Waals surface area contributed by atoms with Crippen LogP contribution in [0, 0.1) is 0 Å². The Labute approximate surface area is 126 Å². The summed E-state index contributed by atoms with van der Waals surface area (Å²) in [7, 11) is 1.61. The van der Waals surface area contributed by atoms with Gasteiger partial charge in [0.2, 0.25) is 0 Å². The lowest BCUT2D eigenvalue weighted by atomic mass is 9.98. The molecule has 4 heteroatoms. The molecule has 0 unspecified atom stereocenters. The minimum atomic E-state index is -0.586. The highest BCUT2D eigenvalue weighted by molar-refractivity contribution is 9.10. The number of hydrogen-bond donors (Lipinski definition) is 1. The molecule has 0 aromatic heterocycles. The van der Waals surface area contributed by atoms with E-state index in [0.717, 1.165) is 21.3 Å². The Morgan fingerprint density at radius 3 is 2.55 bits per heavy atom. The summed E-state index contributed by atoms with van der Waals surface area (Å²) in [4.78, 5) is 12.2. The number of nitrogens with two attached hydrogens (primary N) is 1. The quantitative estimate of drug-likeness (QED) is 0.913. The van der Waals surface area contributed by atoms with Gasteiger partial charge in [0.25, 0.3) is 0 Å². The maximum Gasteiger partial charge on any atom is 0.158 e. The summed E-state index contributed by atoms with van der Waals surface area (Å²) < 4.78 is 6.00. The van der Waals surface area contributed by atoms with Crippen LogP contribution in [0.4, 0.5) is 0 Å². The first kappa shape index (κ1) is 14.8. The second-order valence-electron chi connectivity index (χ2n) is 4.50. The minimum Gasteiger partial charge on any atom is -0.496 e. The predicted molar refractivity (Wildman–Crippen MR) is 82.8 cm³/mol. The van der Waals surface area contributed by atoms with Crippen molar-refractivity contribution in [2.45, 2.75) is 12.5 Å². The maximum absolute atomic E-state index is 12.2. The number of carbonyl (C=O) groups excluding carboxylic acids is 1. The van der Waals surface area contributed by atoms with Crippen LogP contribution < -0.4 is 10.5 Å². The van der Waals surface area contributed by atoms with Crippen molar-refractivity contribution in [2.75, 3.05) is 7.11 Å². The summed E-state index contributed by atoms with van der Waals surface area (Å²) in [5, 5.41) is 0. The van der Waals surface area contributed by atoms with Crippen LogP contribution in [0.1, 0.15) is 17.2 Å². The number of halogens is 1. The number of ether oxygens (including phenoxy) is 1. The monoisotopic (exact) mass is 333 g/mol. The van der Waals surface area contributed by atoms with Crippen LogP contribution in [0.2, 0.25) is 0 Å². The molecule has 3 nitrogen and oxygen atoms in total. The van der Waals surface area contributed by atoms with Gasteiger partial charge in [-0.25, -0.2) is 0 Å². The fourth-order valence-corrected chi connectivity index (χ4v) is 2.57. The summed E-state index contributed by atoms with van der Waals surface area (Å²) in [6.45, 7) is 0. The molecule has 2 N–H and O–H groups in total. The Bertz CT molecular complexity index is 599. The topological polar surface area (TPSA) is 52.3 Å². The van der Waals surface area contributed by atoms with E-state index in [9.17, 15) is 4.79 Å². The predicted octanol–water partition coefficient (Wildman–Crippen LogP) is 3.27. The van der Waals surface area contributed by atoms with Crippen molar-refractivity contribution < 1.29 is 9.53 Å². The van der Waals surface area contributed by atoms with Gasteiger partial charge in [0.05, 0.1) is 17.6 Å². The van der Waals surface area contributed by atoms with Gasteiger partial charge in [0.15, 0.2) is 5.78 Å². The zero-order chi connectivity index (χ0) is 14.5. The van der Waals surface area contributed by atoms with Crippen LogP contribution >= 0.6 is 15.9 Å². The Kier molecular flexibility index (Phi) is 4.93. The Hall–Kier alpha value is -1.65. The molecule has 0 radical (unpaired) electrons. The normalized spacial score (nSPS) is 11.9. The van der Waals surface area contributed by atoms with Gasteiger partial charge in [-0.2, -0.15) is 0 Å². The van der Waals surface area contributed by atoms with Crippen LogP contribution in [0.3, 0.4) is 0 Å². The summed E-state index contributed by atoms with van der Waals surface area (Å²) in [5.41, 5.74) is 7.74. The molecule has 0 bridgehead atoms. The number of carbonyl (C=O) groups is 1. The molecular formula is C16H16BrNO2. The van der Waals surface area contributed by atoms with Crippen LogP contribution in [0.15, 0.2) is 53.0 Å². The fraction of sp³-hybridized carbons (Fsp3) is 0.188. The van der Waals surface area contributed by atoms with Crippen LogP contribution in [0.25, 0.3) is 0 Å². The van der Waals surface area contributed by atoms with E-state index in [-0.39, 0.29) is 5.78 Å². The lowest BCUT2D eigenvalue weighted by Crippen LogP contribution is -2.23. The standard InChI is InChI=1S/C16H16BrNO2/c1-20-15-8-7-11(9-13(15)17)10-14(19)16(18)12-5-3-2-4-6-12/h2-9,16H,10,18H2,1H3/t16-/m1/s1. The summed E-state index contributed by atoms with van der Waals surface area (Å²) in [6.07, 6.45) is 0.304. The molecule has 1 atom stereocenters. The fourth-order valence-electron chi connectivity index (χ4n) is 1.98. The van der Waals surface area contributed by atoms with E-state index < -0.39 is 6.04 Å². The first-order valence-corrected chi connectivity index (χ1v) is 7.06. The molecule has 2 aromatic carbocycles. The molecule has 0 aliphatic heterocycles. The summed E-state index contributed by atoms with van der Waals surface area (Å²) in [5.74, 6) is 0.738. The molecule has 0 fully saturated rings. The van der Waals surface area contributed by atoms with E-state index >= 15 is 0 Å².